The lowest BCUT2D eigenvalue weighted by Crippen LogP contribution is -2.08. The van der Waals surface area contributed by atoms with E-state index in [0.717, 1.165) is 11.3 Å². The second kappa shape index (κ2) is 5.46. The smallest absolute Gasteiger partial charge is 0.0992 e. The Morgan fingerprint density at radius 3 is 2.53 bits per heavy atom. The molecule has 0 aliphatic carbocycles. The zero-order chi connectivity index (χ0) is 14.0. The summed E-state index contributed by atoms with van der Waals surface area (Å²) in [6, 6.07) is 10.4. The lowest BCUT2D eigenvalue weighted by atomic mass is 10.1. The summed E-state index contributed by atoms with van der Waals surface area (Å²) in [6.07, 6.45) is 0. The van der Waals surface area contributed by atoms with Crippen LogP contribution < -0.4 is 5.32 Å². The van der Waals surface area contributed by atoms with E-state index < -0.39 is 0 Å². The Balaban J connectivity index is 2.26. The van der Waals surface area contributed by atoms with E-state index in [1.165, 1.54) is 15.3 Å². The molecule has 1 unspecified atom stereocenters. The van der Waals surface area contributed by atoms with Gasteiger partial charge < -0.3 is 5.32 Å². The molecular formula is C16H18N2S. The number of hydrogen-bond acceptors (Lipinski definition) is 3. The molecule has 1 atom stereocenters. The van der Waals surface area contributed by atoms with Crippen LogP contribution in [0, 0.1) is 32.1 Å². The van der Waals surface area contributed by atoms with Gasteiger partial charge in [-0.3, -0.25) is 0 Å². The molecule has 0 aliphatic rings. The monoisotopic (exact) mass is 270 g/mol. The molecule has 2 rings (SSSR count). The van der Waals surface area contributed by atoms with Crippen LogP contribution in [0.3, 0.4) is 0 Å². The van der Waals surface area contributed by atoms with Crippen molar-refractivity contribution in [2.24, 2.45) is 0 Å². The average molecular weight is 270 g/mol. The molecule has 1 aromatic heterocycles. The van der Waals surface area contributed by atoms with Gasteiger partial charge in [-0.15, -0.1) is 11.3 Å². The lowest BCUT2D eigenvalue weighted by molar-refractivity contribution is 0.879. The van der Waals surface area contributed by atoms with Crippen LogP contribution in [0.1, 0.15) is 39.4 Å². The number of thiophene rings is 1. The molecule has 0 aliphatic heterocycles. The molecule has 1 heterocycles. The molecular weight excluding hydrogens is 252 g/mol. The number of nitrogens with zero attached hydrogens (tertiary/aromatic N) is 1. The number of rotatable bonds is 3. The van der Waals surface area contributed by atoms with Crippen molar-refractivity contribution >= 4 is 17.0 Å². The van der Waals surface area contributed by atoms with E-state index in [-0.39, 0.29) is 6.04 Å². The van der Waals surface area contributed by atoms with Crippen LogP contribution in [-0.2, 0) is 0 Å². The summed E-state index contributed by atoms with van der Waals surface area (Å²) in [5.41, 5.74) is 4.23. The van der Waals surface area contributed by atoms with Crippen molar-refractivity contribution in [3.05, 3.63) is 50.7 Å². The first-order valence-corrected chi connectivity index (χ1v) is 7.17. The fourth-order valence-corrected chi connectivity index (χ4v) is 3.26. The average Bonchev–Trinajstić information content (AvgIpc) is 2.71. The highest BCUT2D eigenvalue weighted by atomic mass is 32.1. The fourth-order valence-electron chi connectivity index (χ4n) is 2.24. The summed E-state index contributed by atoms with van der Waals surface area (Å²) in [6.45, 7) is 8.51. The molecule has 0 saturated heterocycles. The van der Waals surface area contributed by atoms with Crippen molar-refractivity contribution in [2.45, 2.75) is 33.7 Å². The van der Waals surface area contributed by atoms with E-state index in [4.69, 9.17) is 5.26 Å². The van der Waals surface area contributed by atoms with Crippen LogP contribution in [0.2, 0.25) is 0 Å². The van der Waals surface area contributed by atoms with E-state index in [0.29, 0.717) is 5.56 Å². The number of hydrogen-bond donors (Lipinski definition) is 1. The van der Waals surface area contributed by atoms with Crippen LogP contribution in [0.15, 0.2) is 24.3 Å². The van der Waals surface area contributed by atoms with Crippen molar-refractivity contribution < 1.29 is 0 Å². The van der Waals surface area contributed by atoms with Crippen molar-refractivity contribution in [1.29, 1.82) is 5.26 Å². The van der Waals surface area contributed by atoms with Gasteiger partial charge in [0, 0.05) is 21.5 Å². The number of nitriles is 1. The molecule has 19 heavy (non-hydrogen) atoms. The molecule has 0 spiro atoms. The van der Waals surface area contributed by atoms with Gasteiger partial charge in [0.1, 0.15) is 0 Å². The molecule has 0 amide bonds. The van der Waals surface area contributed by atoms with Gasteiger partial charge in [0.15, 0.2) is 0 Å². The number of benzene rings is 1. The van der Waals surface area contributed by atoms with Crippen molar-refractivity contribution in [3.8, 4) is 6.07 Å². The Kier molecular flexibility index (Phi) is 3.92. The van der Waals surface area contributed by atoms with Gasteiger partial charge in [-0.1, -0.05) is 6.07 Å². The predicted molar refractivity (Wildman–Crippen MR) is 81.7 cm³/mol. The summed E-state index contributed by atoms with van der Waals surface area (Å²) in [7, 11) is 0. The highest BCUT2D eigenvalue weighted by Gasteiger charge is 2.12. The van der Waals surface area contributed by atoms with E-state index >= 15 is 0 Å². The minimum absolute atomic E-state index is 0.248. The minimum atomic E-state index is 0.248. The Hall–Kier alpha value is -1.79. The summed E-state index contributed by atoms with van der Waals surface area (Å²) >= 11 is 1.83. The first kappa shape index (κ1) is 13.6. The van der Waals surface area contributed by atoms with Gasteiger partial charge in [0.2, 0.25) is 0 Å². The van der Waals surface area contributed by atoms with E-state index in [2.05, 4.69) is 45.1 Å². The highest BCUT2D eigenvalue weighted by molar-refractivity contribution is 7.12. The summed E-state index contributed by atoms with van der Waals surface area (Å²) < 4.78 is 0. The van der Waals surface area contributed by atoms with Crippen molar-refractivity contribution in [3.63, 3.8) is 0 Å². The van der Waals surface area contributed by atoms with Crippen LogP contribution in [-0.4, -0.2) is 0 Å². The van der Waals surface area contributed by atoms with Gasteiger partial charge in [-0.25, -0.2) is 0 Å². The van der Waals surface area contributed by atoms with E-state index in [1.54, 1.807) is 0 Å². The summed E-state index contributed by atoms with van der Waals surface area (Å²) in [5.74, 6) is 0. The molecule has 2 aromatic rings. The van der Waals surface area contributed by atoms with Gasteiger partial charge in [-0.2, -0.15) is 5.26 Å². The third-order valence-electron chi connectivity index (χ3n) is 3.28. The molecule has 1 aromatic carbocycles. The maximum Gasteiger partial charge on any atom is 0.0992 e. The fraction of sp³-hybridized carbons (Fsp3) is 0.312. The predicted octanol–water partition coefficient (Wildman–Crippen LogP) is 4.72. The van der Waals surface area contributed by atoms with Gasteiger partial charge in [-0.05, 0) is 57.0 Å². The standard InChI is InChI=1S/C16H18N2S/c1-10-5-6-14(9-17)8-16(10)18-12(3)15-7-11(2)19-13(15)4/h5-8,12,18H,1-4H3. The zero-order valence-corrected chi connectivity index (χ0v) is 12.6. The number of aryl methyl sites for hydroxylation is 3. The van der Waals surface area contributed by atoms with Crippen LogP contribution in [0.25, 0.3) is 0 Å². The second-order valence-electron chi connectivity index (χ2n) is 4.88. The van der Waals surface area contributed by atoms with Crippen LogP contribution in [0.4, 0.5) is 5.69 Å². The van der Waals surface area contributed by atoms with E-state index in [9.17, 15) is 0 Å². The van der Waals surface area contributed by atoms with Gasteiger partial charge in [0.05, 0.1) is 11.6 Å². The quantitative estimate of drug-likeness (QED) is 0.876. The summed E-state index contributed by atoms with van der Waals surface area (Å²) in [4.78, 5) is 2.69. The summed E-state index contributed by atoms with van der Waals surface area (Å²) in [5, 5.41) is 12.5. The zero-order valence-electron chi connectivity index (χ0n) is 11.7. The molecule has 2 nitrogen and oxygen atoms in total. The molecule has 0 bridgehead atoms. The largest absolute Gasteiger partial charge is 0.378 e. The van der Waals surface area contributed by atoms with Gasteiger partial charge in [0.25, 0.3) is 0 Å². The SMILES string of the molecule is Cc1cc(C(C)Nc2cc(C#N)ccc2C)c(C)s1. The van der Waals surface area contributed by atoms with Gasteiger partial charge >= 0.3 is 0 Å². The third-order valence-corrected chi connectivity index (χ3v) is 4.27. The highest BCUT2D eigenvalue weighted by Crippen LogP contribution is 2.29. The molecule has 98 valence electrons. The number of anilines is 1. The normalized spacial score (nSPS) is 11.9. The van der Waals surface area contributed by atoms with Crippen molar-refractivity contribution in [2.75, 3.05) is 5.32 Å². The Morgan fingerprint density at radius 2 is 1.95 bits per heavy atom. The second-order valence-corrected chi connectivity index (χ2v) is 6.34. The first-order chi connectivity index (χ1) is 9.01. The molecule has 1 N–H and O–H groups in total. The molecule has 0 saturated carbocycles. The maximum absolute atomic E-state index is 8.98. The number of nitrogens with one attached hydrogen (secondary N) is 1. The Labute approximate surface area is 118 Å². The topological polar surface area (TPSA) is 35.8 Å². The Bertz CT molecular complexity index is 635. The minimum Gasteiger partial charge on any atom is -0.378 e. The third kappa shape index (κ3) is 2.97. The molecule has 3 heteroatoms. The molecule has 0 fully saturated rings. The lowest BCUT2D eigenvalue weighted by Gasteiger charge is -2.17. The first-order valence-electron chi connectivity index (χ1n) is 6.35. The van der Waals surface area contributed by atoms with E-state index in [1.807, 2.05) is 29.5 Å². The van der Waals surface area contributed by atoms with Crippen molar-refractivity contribution in [1.82, 2.24) is 0 Å². The van der Waals surface area contributed by atoms with Crippen LogP contribution in [0.5, 0.6) is 0 Å². The Morgan fingerprint density at radius 1 is 1.21 bits per heavy atom. The molecule has 0 radical (unpaired) electrons. The van der Waals surface area contributed by atoms with Crippen LogP contribution >= 0.6 is 11.3 Å². The maximum atomic E-state index is 8.98.